The van der Waals surface area contributed by atoms with Crippen LogP contribution in [0, 0.1) is 0 Å². The summed E-state index contributed by atoms with van der Waals surface area (Å²) in [6, 6.07) is 19.3. The molecule has 3 fully saturated rings. The lowest BCUT2D eigenvalue weighted by atomic mass is 9.89. The molecule has 0 aliphatic carbocycles. The molecular weight excluding hydrogens is 513 g/mol. The van der Waals surface area contributed by atoms with Crippen molar-refractivity contribution in [3.05, 3.63) is 94.8 Å². The van der Waals surface area contributed by atoms with Crippen molar-refractivity contribution >= 4 is 23.2 Å². The van der Waals surface area contributed by atoms with Crippen LogP contribution in [0.25, 0.3) is 16.9 Å². The Morgan fingerprint density at radius 1 is 0.974 bits per heavy atom. The summed E-state index contributed by atoms with van der Waals surface area (Å²) in [5.74, 6) is -0.237. The minimum atomic E-state index is -3.13. The molecule has 196 valence electrons. The smallest absolute Gasteiger partial charge is 0.273 e. The number of benzene rings is 2. The normalized spacial score (nSPS) is 20.4. The lowest BCUT2D eigenvalue weighted by Crippen LogP contribution is -2.63. The standard InChI is InChI=1S/C29H26ClF3N4O/c30-21-9-7-18(8-10-21)27-24(36-13-2-1-6-25(36)34-27)17-35-15-23-12-11-22(35)16-37(23)29(38)20-5-3-4-19(14-20)26(31)28(32)33/h1-10,13-14,22-23,26,28H,11-12,15-17H2. The van der Waals surface area contributed by atoms with Gasteiger partial charge in [-0.1, -0.05) is 41.9 Å². The van der Waals surface area contributed by atoms with Crippen LogP contribution in [0.3, 0.4) is 0 Å². The number of piperazine rings is 1. The first-order valence-electron chi connectivity index (χ1n) is 12.7. The van der Waals surface area contributed by atoms with Gasteiger partial charge >= 0.3 is 0 Å². The zero-order valence-corrected chi connectivity index (χ0v) is 21.2. The maximum atomic E-state index is 13.9. The molecule has 5 heterocycles. The summed E-state index contributed by atoms with van der Waals surface area (Å²) in [4.78, 5) is 22.5. The second-order valence-electron chi connectivity index (χ2n) is 9.98. The number of nitrogens with zero attached hydrogens (tertiary/aromatic N) is 4. The predicted octanol–water partition coefficient (Wildman–Crippen LogP) is 6.42. The van der Waals surface area contributed by atoms with Gasteiger partial charge in [0.2, 0.25) is 0 Å². The van der Waals surface area contributed by atoms with Crippen molar-refractivity contribution in [1.29, 1.82) is 0 Å². The van der Waals surface area contributed by atoms with Gasteiger partial charge in [0.05, 0.1) is 11.4 Å². The Labute approximate surface area is 223 Å². The average Bonchev–Trinajstić information content (AvgIpc) is 3.31. The molecule has 0 saturated carbocycles. The lowest BCUT2D eigenvalue weighted by Gasteiger charge is -2.51. The Morgan fingerprint density at radius 2 is 1.76 bits per heavy atom. The number of hydrogen-bond acceptors (Lipinski definition) is 3. The monoisotopic (exact) mass is 538 g/mol. The molecule has 3 atom stereocenters. The largest absolute Gasteiger partial charge is 0.333 e. The van der Waals surface area contributed by atoms with Crippen molar-refractivity contribution in [2.45, 2.75) is 44.1 Å². The van der Waals surface area contributed by atoms with E-state index in [-0.39, 0.29) is 29.1 Å². The van der Waals surface area contributed by atoms with E-state index in [0.29, 0.717) is 24.7 Å². The molecule has 3 unspecified atom stereocenters. The van der Waals surface area contributed by atoms with Gasteiger partial charge in [-0.3, -0.25) is 9.69 Å². The Hall–Kier alpha value is -3.36. The summed E-state index contributed by atoms with van der Waals surface area (Å²) in [6.45, 7) is 1.90. The number of alkyl halides is 3. The zero-order valence-electron chi connectivity index (χ0n) is 20.5. The molecule has 3 aliphatic rings. The first-order valence-corrected chi connectivity index (χ1v) is 13.1. The SMILES string of the molecule is O=C(c1cccc(C(F)C(F)F)c1)N1CC2CCC1CN2Cc1c(-c2ccc(Cl)cc2)nc2ccccn12. The Morgan fingerprint density at radius 3 is 2.50 bits per heavy atom. The number of aromatic nitrogens is 2. The molecule has 0 spiro atoms. The van der Waals surface area contributed by atoms with E-state index in [1.807, 2.05) is 53.6 Å². The summed E-state index contributed by atoms with van der Waals surface area (Å²) < 4.78 is 41.8. The number of hydrogen-bond donors (Lipinski definition) is 0. The molecular formula is C29H26ClF3N4O. The van der Waals surface area contributed by atoms with Crippen molar-refractivity contribution in [3.63, 3.8) is 0 Å². The van der Waals surface area contributed by atoms with Crippen LogP contribution in [-0.4, -0.2) is 56.7 Å². The molecule has 2 aromatic heterocycles. The number of imidazole rings is 1. The summed E-state index contributed by atoms with van der Waals surface area (Å²) >= 11 is 6.12. The van der Waals surface area contributed by atoms with Gasteiger partial charge in [0.15, 0.2) is 6.17 Å². The fraction of sp³-hybridized carbons (Fsp3) is 0.310. The third-order valence-electron chi connectivity index (χ3n) is 7.68. The van der Waals surface area contributed by atoms with Crippen molar-refractivity contribution in [2.75, 3.05) is 13.1 Å². The predicted molar refractivity (Wildman–Crippen MR) is 140 cm³/mol. The van der Waals surface area contributed by atoms with Crippen LogP contribution in [0.4, 0.5) is 13.2 Å². The van der Waals surface area contributed by atoms with Gasteiger partial charge in [0, 0.05) is 54.1 Å². The number of amides is 1. The van der Waals surface area contributed by atoms with Crippen LogP contribution in [0.15, 0.2) is 72.9 Å². The van der Waals surface area contributed by atoms with E-state index in [4.69, 9.17) is 16.6 Å². The third-order valence-corrected chi connectivity index (χ3v) is 7.93. The molecule has 4 aromatic rings. The molecule has 1 amide bonds. The number of fused-ring (bicyclic) bond motifs is 4. The molecule has 0 N–H and O–H groups in total. The van der Waals surface area contributed by atoms with Crippen LogP contribution in [0.1, 0.15) is 40.6 Å². The van der Waals surface area contributed by atoms with E-state index >= 15 is 0 Å². The van der Waals surface area contributed by atoms with Gasteiger partial charge in [-0.05, 0) is 54.8 Å². The highest BCUT2D eigenvalue weighted by molar-refractivity contribution is 6.30. The number of halogens is 4. The van der Waals surface area contributed by atoms with Gasteiger partial charge in [-0.2, -0.15) is 0 Å². The number of carbonyl (C=O) groups is 1. The molecule has 0 radical (unpaired) electrons. The van der Waals surface area contributed by atoms with Gasteiger partial charge < -0.3 is 9.30 Å². The summed E-state index contributed by atoms with van der Waals surface area (Å²) in [7, 11) is 0. The van der Waals surface area contributed by atoms with Crippen molar-refractivity contribution < 1.29 is 18.0 Å². The highest BCUT2D eigenvalue weighted by atomic mass is 35.5. The van der Waals surface area contributed by atoms with Crippen molar-refractivity contribution in [2.24, 2.45) is 0 Å². The summed E-state index contributed by atoms with van der Waals surface area (Å²) in [6.07, 6.45) is -1.69. The summed E-state index contributed by atoms with van der Waals surface area (Å²) in [5, 5.41) is 0.666. The molecule has 3 aliphatic heterocycles. The Bertz CT molecular complexity index is 1470. The lowest BCUT2D eigenvalue weighted by molar-refractivity contribution is -0.0159. The number of carbonyl (C=O) groups excluding carboxylic acids is 1. The first-order chi connectivity index (χ1) is 18.4. The fourth-order valence-corrected chi connectivity index (χ4v) is 5.87. The van der Waals surface area contributed by atoms with E-state index in [1.165, 1.54) is 18.2 Å². The van der Waals surface area contributed by atoms with Gasteiger partial charge in [-0.25, -0.2) is 18.2 Å². The van der Waals surface area contributed by atoms with Crippen molar-refractivity contribution in [1.82, 2.24) is 19.2 Å². The van der Waals surface area contributed by atoms with E-state index < -0.39 is 12.6 Å². The third kappa shape index (κ3) is 4.56. The second-order valence-corrected chi connectivity index (χ2v) is 10.4. The minimum absolute atomic E-state index is 0.00871. The van der Waals surface area contributed by atoms with Crippen LogP contribution in [0.5, 0.6) is 0 Å². The van der Waals surface area contributed by atoms with E-state index in [2.05, 4.69) is 9.30 Å². The van der Waals surface area contributed by atoms with Gasteiger partial charge in [-0.15, -0.1) is 0 Å². The van der Waals surface area contributed by atoms with Crippen molar-refractivity contribution in [3.8, 4) is 11.3 Å². The molecule has 2 aromatic carbocycles. The van der Waals surface area contributed by atoms with E-state index in [1.54, 1.807) is 6.07 Å². The molecule has 9 heteroatoms. The zero-order chi connectivity index (χ0) is 26.4. The van der Waals surface area contributed by atoms with Crippen LogP contribution < -0.4 is 0 Å². The Balaban J connectivity index is 1.24. The topological polar surface area (TPSA) is 40.9 Å². The average molecular weight is 539 g/mol. The van der Waals surface area contributed by atoms with E-state index in [0.717, 1.165) is 35.4 Å². The molecule has 5 nitrogen and oxygen atoms in total. The second kappa shape index (κ2) is 10.1. The first kappa shape index (κ1) is 24.9. The summed E-state index contributed by atoms with van der Waals surface area (Å²) in [5.41, 5.74) is 3.90. The molecule has 2 bridgehead atoms. The Kier molecular flexibility index (Phi) is 6.61. The van der Waals surface area contributed by atoms with Crippen LogP contribution in [0.2, 0.25) is 5.02 Å². The minimum Gasteiger partial charge on any atom is -0.333 e. The maximum absolute atomic E-state index is 13.9. The highest BCUT2D eigenvalue weighted by Crippen LogP contribution is 2.34. The molecule has 3 saturated heterocycles. The van der Waals surface area contributed by atoms with E-state index in [9.17, 15) is 18.0 Å². The molecule has 38 heavy (non-hydrogen) atoms. The number of piperidine rings is 2. The van der Waals surface area contributed by atoms with Crippen LogP contribution in [-0.2, 0) is 6.54 Å². The maximum Gasteiger partial charge on any atom is 0.273 e. The van der Waals surface area contributed by atoms with Crippen LogP contribution >= 0.6 is 11.6 Å². The quantitative estimate of drug-likeness (QED) is 0.284. The van der Waals surface area contributed by atoms with Gasteiger partial charge in [0.25, 0.3) is 12.3 Å². The number of pyridine rings is 1. The fourth-order valence-electron chi connectivity index (χ4n) is 5.74. The number of rotatable bonds is 6. The highest BCUT2D eigenvalue weighted by Gasteiger charge is 2.41. The van der Waals surface area contributed by atoms with Gasteiger partial charge in [0.1, 0.15) is 5.65 Å². The molecule has 7 rings (SSSR count).